The minimum absolute atomic E-state index is 0.124. The molecule has 1 N–H and O–H groups in total. The van der Waals surface area contributed by atoms with Crippen LogP contribution < -0.4 is 0 Å². The van der Waals surface area contributed by atoms with E-state index >= 15 is 0 Å². The lowest BCUT2D eigenvalue weighted by molar-refractivity contribution is -0.126. The molecule has 0 aliphatic heterocycles. The Labute approximate surface area is 132 Å². The molecule has 2 nitrogen and oxygen atoms in total. The average molecular weight is 296 g/mol. The summed E-state index contributed by atoms with van der Waals surface area (Å²) in [6.45, 7) is 8.19. The van der Waals surface area contributed by atoms with Gasteiger partial charge in [0.05, 0.1) is 0 Å². The minimum atomic E-state index is -0.941. The van der Waals surface area contributed by atoms with Gasteiger partial charge in [0, 0.05) is 12.8 Å². The Kier molecular flexibility index (Phi) is 5.15. The Hall–Kier alpha value is -1.93. The standard InChI is InChI=1S/C20H24O2/c1-13-5-7-17(9-15(13)3)11-19(21)20(22)12-18-8-6-14(2)16(4)10-18/h5-10,19,21H,11-12H2,1-4H3. The fraction of sp³-hybridized carbons (Fsp3) is 0.350. The first-order valence-corrected chi connectivity index (χ1v) is 7.70. The number of carbonyl (C=O) groups is 1. The summed E-state index contributed by atoms with van der Waals surface area (Å²) in [6.07, 6.45) is -0.276. The van der Waals surface area contributed by atoms with E-state index in [4.69, 9.17) is 0 Å². The summed E-state index contributed by atoms with van der Waals surface area (Å²) in [5.41, 5.74) is 6.77. The Morgan fingerprint density at radius 2 is 1.36 bits per heavy atom. The normalized spacial score (nSPS) is 12.2. The van der Waals surface area contributed by atoms with E-state index < -0.39 is 6.10 Å². The summed E-state index contributed by atoms with van der Waals surface area (Å²) >= 11 is 0. The van der Waals surface area contributed by atoms with Gasteiger partial charge in [-0.3, -0.25) is 4.79 Å². The van der Waals surface area contributed by atoms with Crippen molar-refractivity contribution < 1.29 is 9.90 Å². The average Bonchev–Trinajstić information content (AvgIpc) is 2.46. The first-order valence-electron chi connectivity index (χ1n) is 7.70. The number of aliphatic hydroxyl groups is 1. The third kappa shape index (κ3) is 4.05. The number of rotatable bonds is 5. The summed E-state index contributed by atoms with van der Waals surface area (Å²) in [5, 5.41) is 10.2. The molecule has 0 aliphatic rings. The SMILES string of the molecule is Cc1ccc(CC(=O)C(O)Cc2ccc(C)c(C)c2)cc1C. The maximum Gasteiger partial charge on any atom is 0.165 e. The second kappa shape index (κ2) is 6.89. The number of hydrogen-bond acceptors (Lipinski definition) is 2. The van der Waals surface area contributed by atoms with Crippen molar-refractivity contribution in [2.45, 2.75) is 46.6 Å². The van der Waals surface area contributed by atoms with Crippen LogP contribution in [0.1, 0.15) is 33.4 Å². The molecule has 0 spiro atoms. The van der Waals surface area contributed by atoms with E-state index in [1.807, 2.05) is 50.2 Å². The highest BCUT2D eigenvalue weighted by molar-refractivity contribution is 5.85. The largest absolute Gasteiger partial charge is 0.385 e. The second-order valence-electron chi connectivity index (χ2n) is 6.20. The third-order valence-electron chi connectivity index (χ3n) is 4.32. The van der Waals surface area contributed by atoms with Crippen molar-refractivity contribution in [2.75, 3.05) is 0 Å². The lowest BCUT2D eigenvalue weighted by atomic mass is 9.96. The van der Waals surface area contributed by atoms with Crippen molar-refractivity contribution in [3.63, 3.8) is 0 Å². The van der Waals surface area contributed by atoms with Crippen LogP contribution in [0.2, 0.25) is 0 Å². The lowest BCUT2D eigenvalue weighted by Crippen LogP contribution is -2.24. The fourth-order valence-electron chi connectivity index (χ4n) is 2.50. The first kappa shape index (κ1) is 16.4. The first-order chi connectivity index (χ1) is 10.4. The van der Waals surface area contributed by atoms with Crippen molar-refractivity contribution in [3.05, 3.63) is 69.8 Å². The summed E-state index contributed by atoms with van der Waals surface area (Å²) in [7, 11) is 0. The third-order valence-corrected chi connectivity index (χ3v) is 4.32. The maximum atomic E-state index is 12.2. The zero-order valence-electron chi connectivity index (χ0n) is 13.8. The summed E-state index contributed by atoms with van der Waals surface area (Å²) in [4.78, 5) is 12.2. The molecule has 2 rings (SSSR count). The molecule has 0 bridgehead atoms. The van der Waals surface area contributed by atoms with Gasteiger partial charge in [-0.25, -0.2) is 0 Å². The lowest BCUT2D eigenvalue weighted by Gasteiger charge is -2.12. The number of carbonyl (C=O) groups excluding carboxylic acids is 1. The molecule has 0 saturated heterocycles. The molecule has 2 heteroatoms. The van der Waals surface area contributed by atoms with Crippen LogP contribution >= 0.6 is 0 Å². The molecule has 0 aliphatic carbocycles. The zero-order valence-corrected chi connectivity index (χ0v) is 13.8. The van der Waals surface area contributed by atoms with Crippen molar-refractivity contribution in [3.8, 4) is 0 Å². The molecule has 22 heavy (non-hydrogen) atoms. The summed E-state index contributed by atoms with van der Waals surface area (Å²) in [6, 6.07) is 12.1. The van der Waals surface area contributed by atoms with E-state index in [-0.39, 0.29) is 12.2 Å². The molecule has 0 aromatic heterocycles. The molecule has 0 radical (unpaired) electrons. The maximum absolute atomic E-state index is 12.2. The van der Waals surface area contributed by atoms with Gasteiger partial charge >= 0.3 is 0 Å². The Morgan fingerprint density at radius 1 is 0.864 bits per heavy atom. The van der Waals surface area contributed by atoms with Gasteiger partial charge in [-0.05, 0) is 61.1 Å². The predicted octanol–water partition coefficient (Wildman–Crippen LogP) is 3.64. The van der Waals surface area contributed by atoms with Gasteiger partial charge < -0.3 is 5.11 Å². The van der Waals surface area contributed by atoms with Crippen LogP contribution in [0.15, 0.2) is 36.4 Å². The fourth-order valence-corrected chi connectivity index (χ4v) is 2.50. The van der Waals surface area contributed by atoms with E-state index in [2.05, 4.69) is 13.8 Å². The molecule has 2 aromatic rings. The molecule has 0 heterocycles. The van der Waals surface area contributed by atoms with Crippen LogP contribution in [0.3, 0.4) is 0 Å². The Balaban J connectivity index is 2.02. The number of aryl methyl sites for hydroxylation is 4. The van der Waals surface area contributed by atoms with Crippen LogP contribution in [0, 0.1) is 27.7 Å². The number of Topliss-reactive ketones (excluding diaryl/α,β-unsaturated/α-hetero) is 1. The summed E-state index contributed by atoms with van der Waals surface area (Å²) in [5.74, 6) is -0.124. The summed E-state index contributed by atoms with van der Waals surface area (Å²) < 4.78 is 0. The molecule has 2 aromatic carbocycles. The van der Waals surface area contributed by atoms with Gasteiger partial charge in [0.2, 0.25) is 0 Å². The van der Waals surface area contributed by atoms with E-state index in [0.717, 1.165) is 11.1 Å². The van der Waals surface area contributed by atoms with Crippen LogP contribution in [-0.2, 0) is 17.6 Å². The Bertz CT molecular complexity index is 686. The van der Waals surface area contributed by atoms with Crippen LogP contribution in [0.25, 0.3) is 0 Å². The van der Waals surface area contributed by atoms with Gasteiger partial charge in [-0.15, -0.1) is 0 Å². The van der Waals surface area contributed by atoms with Crippen LogP contribution in [-0.4, -0.2) is 17.0 Å². The second-order valence-corrected chi connectivity index (χ2v) is 6.20. The van der Waals surface area contributed by atoms with Gasteiger partial charge in [-0.1, -0.05) is 36.4 Å². The molecule has 116 valence electrons. The predicted molar refractivity (Wildman–Crippen MR) is 90.3 cm³/mol. The topological polar surface area (TPSA) is 37.3 Å². The van der Waals surface area contributed by atoms with E-state index in [0.29, 0.717) is 6.42 Å². The van der Waals surface area contributed by atoms with Crippen molar-refractivity contribution >= 4 is 5.78 Å². The molecule has 1 unspecified atom stereocenters. The molecular formula is C20H24O2. The highest BCUT2D eigenvalue weighted by Gasteiger charge is 2.16. The molecule has 1 atom stereocenters. The molecular weight excluding hydrogens is 272 g/mol. The number of ketones is 1. The minimum Gasteiger partial charge on any atom is -0.385 e. The van der Waals surface area contributed by atoms with E-state index in [1.165, 1.54) is 22.3 Å². The van der Waals surface area contributed by atoms with E-state index in [9.17, 15) is 9.90 Å². The van der Waals surface area contributed by atoms with Gasteiger partial charge in [0.15, 0.2) is 5.78 Å². The monoisotopic (exact) mass is 296 g/mol. The van der Waals surface area contributed by atoms with Crippen molar-refractivity contribution in [2.24, 2.45) is 0 Å². The number of aliphatic hydroxyl groups excluding tert-OH is 1. The van der Waals surface area contributed by atoms with Gasteiger partial charge in [0.1, 0.15) is 6.10 Å². The number of benzene rings is 2. The van der Waals surface area contributed by atoms with Crippen LogP contribution in [0.4, 0.5) is 0 Å². The van der Waals surface area contributed by atoms with Crippen molar-refractivity contribution in [1.29, 1.82) is 0 Å². The smallest absolute Gasteiger partial charge is 0.165 e. The molecule has 0 fully saturated rings. The highest BCUT2D eigenvalue weighted by atomic mass is 16.3. The Morgan fingerprint density at radius 3 is 1.91 bits per heavy atom. The van der Waals surface area contributed by atoms with Crippen LogP contribution in [0.5, 0.6) is 0 Å². The molecule has 0 saturated carbocycles. The van der Waals surface area contributed by atoms with Gasteiger partial charge in [0.25, 0.3) is 0 Å². The quantitative estimate of drug-likeness (QED) is 0.914. The van der Waals surface area contributed by atoms with E-state index in [1.54, 1.807) is 0 Å². The highest BCUT2D eigenvalue weighted by Crippen LogP contribution is 2.14. The van der Waals surface area contributed by atoms with Crippen molar-refractivity contribution in [1.82, 2.24) is 0 Å². The zero-order chi connectivity index (χ0) is 16.3. The van der Waals surface area contributed by atoms with Gasteiger partial charge in [-0.2, -0.15) is 0 Å². The molecule has 0 amide bonds. The number of hydrogen-bond donors (Lipinski definition) is 1.